The summed E-state index contributed by atoms with van der Waals surface area (Å²) in [5.41, 5.74) is -2.59. The minimum atomic E-state index is -5.07. The number of nitrogens with zero attached hydrogens (tertiary/aromatic N) is 2. The Labute approximate surface area is 256 Å². The third-order valence-corrected chi connectivity index (χ3v) is 8.87. The van der Waals surface area contributed by atoms with E-state index in [2.05, 4.69) is 4.98 Å². The number of rotatable bonds is 5. The molecule has 2 heterocycles. The monoisotopic (exact) mass is 638 g/mol. The van der Waals surface area contributed by atoms with E-state index in [1.807, 2.05) is 6.07 Å². The van der Waals surface area contributed by atoms with Gasteiger partial charge in [0.05, 0.1) is 41.6 Å². The van der Waals surface area contributed by atoms with Gasteiger partial charge in [-0.2, -0.15) is 26.3 Å². The molecule has 0 radical (unpaired) electrons. The fraction of sp³-hybridized carbons (Fsp3) is 0.455. The van der Waals surface area contributed by atoms with Crippen LogP contribution < -0.4 is 4.90 Å². The summed E-state index contributed by atoms with van der Waals surface area (Å²) in [7, 11) is 1.39. The molecule has 242 valence electrons. The van der Waals surface area contributed by atoms with Crippen LogP contribution in [0.25, 0.3) is 11.1 Å². The molecule has 0 bridgehead atoms. The Morgan fingerprint density at radius 1 is 0.867 bits per heavy atom. The Morgan fingerprint density at radius 3 is 1.96 bits per heavy atom. The van der Waals surface area contributed by atoms with Gasteiger partial charge in [-0.25, -0.2) is 4.39 Å². The standard InChI is InChI=1S/C33H33F7N2O3/c1-19-13-24(34)5-6-25(19)26-17-27(20-7-9-31(10-8-20)44-11-12-45-31)41-18-28(26)42(4)29(43)30(2,3)21-14-22(32(35,36)37)16-23(15-21)33(38,39)40/h5-6,13-18,20H,7-12H2,1-4H3. The number of aromatic nitrogens is 1. The molecule has 2 aromatic carbocycles. The summed E-state index contributed by atoms with van der Waals surface area (Å²) in [5, 5.41) is 0. The normalized spacial score (nSPS) is 17.6. The van der Waals surface area contributed by atoms with Gasteiger partial charge in [-0.05, 0) is 86.7 Å². The molecule has 1 saturated carbocycles. The first kappa shape index (κ1) is 32.9. The molecule has 1 aliphatic carbocycles. The van der Waals surface area contributed by atoms with Gasteiger partial charge in [0.2, 0.25) is 5.91 Å². The largest absolute Gasteiger partial charge is 0.416 e. The van der Waals surface area contributed by atoms with Crippen molar-refractivity contribution in [2.75, 3.05) is 25.2 Å². The molecule has 5 rings (SSSR count). The minimum Gasteiger partial charge on any atom is -0.348 e. The maximum Gasteiger partial charge on any atom is 0.416 e. The number of halogens is 7. The Balaban J connectivity index is 1.54. The van der Waals surface area contributed by atoms with Crippen LogP contribution in [0.3, 0.4) is 0 Å². The van der Waals surface area contributed by atoms with Gasteiger partial charge in [0.1, 0.15) is 5.82 Å². The summed E-state index contributed by atoms with van der Waals surface area (Å²) in [6, 6.07) is 7.17. The van der Waals surface area contributed by atoms with Crippen molar-refractivity contribution in [2.45, 2.75) is 75.9 Å². The van der Waals surface area contributed by atoms with Crippen molar-refractivity contribution in [1.82, 2.24) is 4.98 Å². The zero-order valence-electron chi connectivity index (χ0n) is 25.2. The smallest absolute Gasteiger partial charge is 0.348 e. The maximum absolute atomic E-state index is 14.1. The first-order valence-electron chi connectivity index (χ1n) is 14.5. The van der Waals surface area contributed by atoms with E-state index in [-0.39, 0.29) is 17.7 Å². The number of aryl methyl sites for hydroxylation is 1. The second-order valence-corrected chi connectivity index (χ2v) is 12.3. The van der Waals surface area contributed by atoms with E-state index < -0.39 is 52.0 Å². The molecule has 5 nitrogen and oxygen atoms in total. The first-order chi connectivity index (χ1) is 20.9. The number of pyridine rings is 1. The van der Waals surface area contributed by atoms with E-state index in [4.69, 9.17) is 9.47 Å². The van der Waals surface area contributed by atoms with Crippen LogP contribution in [0.15, 0.2) is 48.7 Å². The Morgan fingerprint density at radius 2 is 1.42 bits per heavy atom. The van der Waals surface area contributed by atoms with E-state index in [9.17, 15) is 35.5 Å². The molecule has 1 aromatic heterocycles. The van der Waals surface area contributed by atoms with Crippen molar-refractivity contribution in [3.05, 3.63) is 82.4 Å². The fourth-order valence-electron chi connectivity index (χ4n) is 6.21. The summed E-state index contributed by atoms with van der Waals surface area (Å²) in [6.45, 7) is 5.34. The number of hydrogen-bond acceptors (Lipinski definition) is 4. The van der Waals surface area contributed by atoms with Crippen LogP contribution in [0.2, 0.25) is 0 Å². The number of amides is 1. The number of benzene rings is 2. The quantitative estimate of drug-likeness (QED) is 0.263. The molecule has 45 heavy (non-hydrogen) atoms. The predicted molar refractivity (Wildman–Crippen MR) is 153 cm³/mol. The molecular weight excluding hydrogens is 605 g/mol. The van der Waals surface area contributed by atoms with E-state index in [1.165, 1.54) is 44.1 Å². The maximum atomic E-state index is 14.1. The van der Waals surface area contributed by atoms with Gasteiger partial charge in [0.15, 0.2) is 5.79 Å². The second-order valence-electron chi connectivity index (χ2n) is 12.3. The van der Waals surface area contributed by atoms with Crippen LogP contribution in [0, 0.1) is 12.7 Å². The Bertz CT molecular complexity index is 1550. The van der Waals surface area contributed by atoms with Gasteiger partial charge in [-0.1, -0.05) is 6.07 Å². The number of carbonyl (C=O) groups is 1. The van der Waals surface area contributed by atoms with E-state index >= 15 is 0 Å². The molecule has 1 amide bonds. The molecule has 0 N–H and O–H groups in total. The van der Waals surface area contributed by atoms with Crippen molar-refractivity contribution in [3.63, 3.8) is 0 Å². The molecule has 2 aliphatic rings. The number of alkyl halides is 6. The van der Waals surface area contributed by atoms with Crippen molar-refractivity contribution in [2.24, 2.45) is 0 Å². The Kier molecular flexibility index (Phi) is 8.54. The highest BCUT2D eigenvalue weighted by molar-refractivity contribution is 6.03. The molecule has 0 unspecified atom stereocenters. The summed E-state index contributed by atoms with van der Waals surface area (Å²) < 4.78 is 107. The van der Waals surface area contributed by atoms with Gasteiger partial charge < -0.3 is 14.4 Å². The van der Waals surface area contributed by atoms with Gasteiger partial charge in [-0.3, -0.25) is 9.78 Å². The number of hydrogen-bond donors (Lipinski definition) is 0. The highest BCUT2D eigenvalue weighted by Gasteiger charge is 2.43. The third-order valence-electron chi connectivity index (χ3n) is 8.87. The van der Waals surface area contributed by atoms with Crippen LogP contribution >= 0.6 is 0 Å². The number of carbonyl (C=O) groups excluding carboxylic acids is 1. The summed E-state index contributed by atoms with van der Waals surface area (Å²) in [5.74, 6) is -1.77. The van der Waals surface area contributed by atoms with Crippen molar-refractivity contribution >= 4 is 11.6 Å². The van der Waals surface area contributed by atoms with Crippen LogP contribution in [0.1, 0.15) is 73.4 Å². The predicted octanol–water partition coefficient (Wildman–Crippen LogP) is 8.58. The molecule has 2 fully saturated rings. The fourth-order valence-corrected chi connectivity index (χ4v) is 6.21. The lowest BCUT2D eigenvalue weighted by molar-refractivity contribution is -0.178. The van der Waals surface area contributed by atoms with Gasteiger partial charge in [0, 0.05) is 37.1 Å². The lowest BCUT2D eigenvalue weighted by Gasteiger charge is -2.35. The van der Waals surface area contributed by atoms with Crippen LogP contribution in [-0.2, 0) is 32.0 Å². The van der Waals surface area contributed by atoms with Gasteiger partial charge in [0.25, 0.3) is 0 Å². The number of likely N-dealkylation sites (N-methyl/N-ethyl adjacent to an activating group) is 1. The first-order valence-corrected chi connectivity index (χ1v) is 14.5. The van der Waals surface area contributed by atoms with Gasteiger partial charge in [-0.15, -0.1) is 0 Å². The summed E-state index contributed by atoms with van der Waals surface area (Å²) in [4.78, 5) is 19.8. The molecular formula is C33H33F7N2O3. The lowest BCUT2D eigenvalue weighted by Crippen LogP contribution is -2.42. The average Bonchev–Trinajstić information content (AvgIpc) is 3.43. The third kappa shape index (κ3) is 6.58. The van der Waals surface area contributed by atoms with E-state index in [0.29, 0.717) is 54.9 Å². The van der Waals surface area contributed by atoms with Crippen LogP contribution in [0.4, 0.5) is 36.4 Å². The SMILES string of the molecule is Cc1cc(F)ccc1-c1cc(C2CCC3(CC2)OCCO3)ncc1N(C)C(=O)C(C)(C)c1cc(C(F)(F)F)cc(C(F)(F)F)c1. The lowest BCUT2D eigenvalue weighted by atomic mass is 9.81. The minimum absolute atomic E-state index is 0.0316. The topological polar surface area (TPSA) is 51.7 Å². The molecule has 0 atom stereocenters. The summed E-state index contributed by atoms with van der Waals surface area (Å²) in [6.07, 6.45) is -5.85. The second kappa shape index (κ2) is 11.7. The van der Waals surface area contributed by atoms with Crippen molar-refractivity contribution < 1.29 is 45.0 Å². The summed E-state index contributed by atoms with van der Waals surface area (Å²) >= 11 is 0. The van der Waals surface area contributed by atoms with E-state index in [0.717, 1.165) is 18.5 Å². The molecule has 3 aromatic rings. The molecule has 1 aliphatic heterocycles. The van der Waals surface area contributed by atoms with Crippen LogP contribution in [-0.4, -0.2) is 36.9 Å². The number of ether oxygens (including phenoxy) is 2. The zero-order valence-corrected chi connectivity index (χ0v) is 25.2. The van der Waals surface area contributed by atoms with Gasteiger partial charge >= 0.3 is 12.4 Å². The Hall–Kier alpha value is -3.51. The average molecular weight is 639 g/mol. The molecule has 1 spiro atoms. The van der Waals surface area contributed by atoms with E-state index in [1.54, 1.807) is 13.0 Å². The van der Waals surface area contributed by atoms with Crippen LogP contribution in [0.5, 0.6) is 0 Å². The zero-order chi connectivity index (χ0) is 32.9. The van der Waals surface area contributed by atoms with Crippen molar-refractivity contribution in [1.29, 1.82) is 0 Å². The number of anilines is 1. The van der Waals surface area contributed by atoms with Crippen molar-refractivity contribution in [3.8, 4) is 11.1 Å². The molecule has 1 saturated heterocycles. The highest BCUT2D eigenvalue weighted by atomic mass is 19.4. The molecule has 12 heteroatoms. The highest BCUT2D eigenvalue weighted by Crippen LogP contribution is 2.45.